The number of hydrogen-bond donors (Lipinski definition) is 0. The number of halogens is 1. The Labute approximate surface area is 112 Å². The highest BCUT2D eigenvalue weighted by Crippen LogP contribution is 2.30. The predicted octanol–water partition coefficient (Wildman–Crippen LogP) is 4.30. The first kappa shape index (κ1) is 11.8. The van der Waals surface area contributed by atoms with Crippen LogP contribution in [0.5, 0.6) is 5.75 Å². The molecule has 2 aromatic rings. The number of para-hydroxylation sites is 1. The van der Waals surface area contributed by atoms with Crippen LogP contribution in [0.3, 0.4) is 0 Å². The van der Waals surface area contributed by atoms with E-state index in [0.29, 0.717) is 12.0 Å². The van der Waals surface area contributed by atoms with E-state index in [9.17, 15) is 0 Å². The Morgan fingerprint density at radius 1 is 1.22 bits per heavy atom. The van der Waals surface area contributed by atoms with Crippen LogP contribution in [-0.4, -0.2) is 11.1 Å². The summed E-state index contributed by atoms with van der Waals surface area (Å²) in [6, 6.07) is 10.1. The molecule has 0 unspecified atom stereocenters. The van der Waals surface area contributed by atoms with Gasteiger partial charge in [-0.2, -0.15) is 0 Å². The van der Waals surface area contributed by atoms with Gasteiger partial charge in [0.05, 0.1) is 23.2 Å². The number of benzene rings is 1. The number of nitrogens with zero attached hydrogens (tertiary/aromatic N) is 1. The Kier molecular flexibility index (Phi) is 3.37. The molecule has 0 amide bonds. The van der Waals surface area contributed by atoms with Crippen LogP contribution >= 0.6 is 11.6 Å². The molecular weight excluding hydrogens is 246 g/mol. The number of alkyl halides is 1. The zero-order chi connectivity index (χ0) is 12.4. The molecule has 0 aliphatic heterocycles. The van der Waals surface area contributed by atoms with E-state index in [4.69, 9.17) is 16.3 Å². The normalized spacial score (nSPS) is 16.3. The van der Waals surface area contributed by atoms with Crippen molar-refractivity contribution in [2.75, 3.05) is 0 Å². The molecule has 0 N–H and O–H groups in total. The first-order valence-corrected chi connectivity index (χ1v) is 7.01. The van der Waals surface area contributed by atoms with Crippen molar-refractivity contribution in [3.63, 3.8) is 0 Å². The molecule has 1 heterocycles. The zero-order valence-electron chi connectivity index (χ0n) is 10.2. The van der Waals surface area contributed by atoms with Gasteiger partial charge < -0.3 is 4.74 Å². The summed E-state index contributed by atoms with van der Waals surface area (Å²) < 4.78 is 6.13. The predicted molar refractivity (Wildman–Crippen MR) is 74.2 cm³/mol. The molecule has 0 atom stereocenters. The van der Waals surface area contributed by atoms with Gasteiger partial charge in [0.25, 0.3) is 0 Å². The number of aromatic nitrogens is 1. The Bertz CT molecular complexity index is 549. The zero-order valence-corrected chi connectivity index (χ0v) is 11.0. The smallest absolute Gasteiger partial charge is 0.130 e. The van der Waals surface area contributed by atoms with E-state index in [-0.39, 0.29) is 0 Å². The summed E-state index contributed by atoms with van der Waals surface area (Å²) in [5.74, 6) is 1.36. The molecule has 0 bridgehead atoms. The molecule has 1 aliphatic carbocycles. The SMILES string of the molecule is ClCc1cc(OC2CCCC2)c2ccccc2n1. The van der Waals surface area contributed by atoms with E-state index in [1.165, 1.54) is 12.8 Å². The van der Waals surface area contributed by atoms with Crippen LogP contribution in [0.1, 0.15) is 31.4 Å². The summed E-state index contributed by atoms with van der Waals surface area (Å²) in [5, 5.41) is 1.08. The van der Waals surface area contributed by atoms with Crippen molar-refractivity contribution in [2.24, 2.45) is 0 Å². The molecule has 1 fully saturated rings. The Hall–Kier alpha value is -1.28. The second-order valence-corrected chi connectivity index (χ2v) is 5.05. The highest BCUT2D eigenvalue weighted by Gasteiger charge is 2.18. The fourth-order valence-electron chi connectivity index (χ4n) is 2.55. The molecule has 18 heavy (non-hydrogen) atoms. The molecule has 1 aromatic heterocycles. The van der Waals surface area contributed by atoms with Gasteiger partial charge in [-0.1, -0.05) is 12.1 Å². The van der Waals surface area contributed by atoms with Gasteiger partial charge in [0, 0.05) is 11.5 Å². The number of hydrogen-bond acceptors (Lipinski definition) is 2. The third-order valence-electron chi connectivity index (χ3n) is 3.46. The van der Waals surface area contributed by atoms with E-state index < -0.39 is 0 Å². The van der Waals surface area contributed by atoms with Gasteiger partial charge in [0.2, 0.25) is 0 Å². The first-order chi connectivity index (χ1) is 8.86. The van der Waals surface area contributed by atoms with E-state index in [1.54, 1.807) is 0 Å². The van der Waals surface area contributed by atoms with E-state index in [2.05, 4.69) is 11.1 Å². The van der Waals surface area contributed by atoms with Gasteiger partial charge in [0.15, 0.2) is 0 Å². The van der Waals surface area contributed by atoms with Crippen molar-refractivity contribution in [1.82, 2.24) is 4.98 Å². The summed E-state index contributed by atoms with van der Waals surface area (Å²) in [4.78, 5) is 4.52. The van der Waals surface area contributed by atoms with Crippen LogP contribution in [0, 0.1) is 0 Å². The molecule has 0 spiro atoms. The lowest BCUT2D eigenvalue weighted by Gasteiger charge is -2.15. The van der Waals surface area contributed by atoms with Crippen molar-refractivity contribution >= 4 is 22.5 Å². The van der Waals surface area contributed by atoms with Gasteiger partial charge in [-0.15, -0.1) is 11.6 Å². The summed E-state index contributed by atoms with van der Waals surface area (Å²) in [6.07, 6.45) is 5.23. The third kappa shape index (κ3) is 2.30. The van der Waals surface area contributed by atoms with E-state index in [0.717, 1.165) is 35.2 Å². The minimum Gasteiger partial charge on any atom is -0.490 e. The fourth-order valence-corrected chi connectivity index (χ4v) is 2.68. The summed E-state index contributed by atoms with van der Waals surface area (Å²) in [6.45, 7) is 0. The van der Waals surface area contributed by atoms with Crippen molar-refractivity contribution in [3.05, 3.63) is 36.0 Å². The topological polar surface area (TPSA) is 22.1 Å². The second-order valence-electron chi connectivity index (χ2n) is 4.79. The van der Waals surface area contributed by atoms with Crippen LogP contribution in [0.4, 0.5) is 0 Å². The van der Waals surface area contributed by atoms with Crippen LogP contribution < -0.4 is 4.74 Å². The van der Waals surface area contributed by atoms with Crippen LogP contribution in [0.25, 0.3) is 10.9 Å². The molecule has 1 saturated carbocycles. The maximum Gasteiger partial charge on any atom is 0.130 e. The second kappa shape index (κ2) is 5.15. The highest BCUT2D eigenvalue weighted by molar-refractivity contribution is 6.17. The van der Waals surface area contributed by atoms with Crippen molar-refractivity contribution in [1.29, 1.82) is 0 Å². The van der Waals surface area contributed by atoms with Gasteiger partial charge in [-0.05, 0) is 37.8 Å². The third-order valence-corrected chi connectivity index (χ3v) is 3.74. The molecule has 1 aliphatic rings. The van der Waals surface area contributed by atoms with Gasteiger partial charge in [-0.25, -0.2) is 0 Å². The molecule has 0 radical (unpaired) electrons. The summed E-state index contributed by atoms with van der Waals surface area (Å²) >= 11 is 5.90. The minimum atomic E-state index is 0.360. The Balaban J connectivity index is 2.01. The highest BCUT2D eigenvalue weighted by atomic mass is 35.5. The van der Waals surface area contributed by atoms with Gasteiger partial charge in [-0.3, -0.25) is 4.98 Å². The lowest BCUT2D eigenvalue weighted by molar-refractivity contribution is 0.212. The van der Waals surface area contributed by atoms with Crippen LogP contribution in [-0.2, 0) is 5.88 Å². The number of ether oxygens (including phenoxy) is 1. The van der Waals surface area contributed by atoms with Gasteiger partial charge in [0.1, 0.15) is 5.75 Å². The van der Waals surface area contributed by atoms with Crippen LogP contribution in [0.2, 0.25) is 0 Å². The molecular formula is C15H16ClNO. The lowest BCUT2D eigenvalue weighted by atomic mass is 10.2. The summed E-state index contributed by atoms with van der Waals surface area (Å²) in [5.41, 5.74) is 1.84. The fraction of sp³-hybridized carbons (Fsp3) is 0.400. The average molecular weight is 262 g/mol. The Morgan fingerprint density at radius 3 is 2.78 bits per heavy atom. The van der Waals surface area contributed by atoms with Crippen molar-refractivity contribution in [2.45, 2.75) is 37.7 Å². The quantitative estimate of drug-likeness (QED) is 0.769. The van der Waals surface area contributed by atoms with E-state index >= 15 is 0 Å². The molecule has 2 nitrogen and oxygen atoms in total. The largest absolute Gasteiger partial charge is 0.490 e. The molecule has 0 saturated heterocycles. The lowest BCUT2D eigenvalue weighted by Crippen LogP contribution is -2.11. The molecule has 3 heteroatoms. The summed E-state index contributed by atoms with van der Waals surface area (Å²) in [7, 11) is 0. The number of fused-ring (bicyclic) bond motifs is 1. The van der Waals surface area contributed by atoms with Crippen molar-refractivity contribution in [3.8, 4) is 5.75 Å². The van der Waals surface area contributed by atoms with Gasteiger partial charge >= 0.3 is 0 Å². The minimum absolute atomic E-state index is 0.360. The maximum absolute atomic E-state index is 6.13. The van der Waals surface area contributed by atoms with Crippen LogP contribution in [0.15, 0.2) is 30.3 Å². The monoisotopic (exact) mass is 261 g/mol. The number of pyridine rings is 1. The number of rotatable bonds is 3. The first-order valence-electron chi connectivity index (χ1n) is 6.48. The Morgan fingerprint density at radius 2 is 2.00 bits per heavy atom. The molecule has 1 aromatic carbocycles. The van der Waals surface area contributed by atoms with E-state index in [1.807, 2.05) is 24.3 Å². The molecule has 94 valence electrons. The average Bonchev–Trinajstić information content (AvgIpc) is 2.91. The standard InChI is InChI=1S/C15H16ClNO/c16-10-11-9-15(18-12-5-1-2-6-12)13-7-3-4-8-14(13)17-11/h3-4,7-9,12H,1-2,5-6,10H2. The molecule has 3 rings (SSSR count). The maximum atomic E-state index is 6.13. The van der Waals surface area contributed by atoms with Crippen molar-refractivity contribution < 1.29 is 4.74 Å².